The number of morpholine rings is 1. The Bertz CT molecular complexity index is 686. The van der Waals surface area contributed by atoms with Crippen LogP contribution in [-0.2, 0) is 11.3 Å². The first-order valence-corrected chi connectivity index (χ1v) is 9.51. The summed E-state index contributed by atoms with van der Waals surface area (Å²) in [4.78, 5) is 9.94. The predicted molar refractivity (Wildman–Crippen MR) is 95.3 cm³/mol. The Morgan fingerprint density at radius 2 is 2.13 bits per heavy atom. The van der Waals surface area contributed by atoms with Crippen molar-refractivity contribution < 1.29 is 4.74 Å². The lowest BCUT2D eigenvalue weighted by atomic mass is 10.1. The monoisotopic (exact) mass is 351 g/mol. The number of benzene rings is 1. The molecule has 23 heavy (non-hydrogen) atoms. The van der Waals surface area contributed by atoms with E-state index in [-0.39, 0.29) is 0 Å². The van der Waals surface area contributed by atoms with Crippen LogP contribution in [0.1, 0.15) is 18.4 Å². The molecule has 0 amide bonds. The molecule has 0 aliphatic carbocycles. The summed E-state index contributed by atoms with van der Waals surface area (Å²) in [6, 6.07) is 7.20. The van der Waals surface area contributed by atoms with Gasteiger partial charge in [0, 0.05) is 36.7 Å². The summed E-state index contributed by atoms with van der Waals surface area (Å²) in [6.07, 6.45) is 1.25. The van der Waals surface area contributed by atoms with Crippen molar-refractivity contribution in [1.82, 2.24) is 14.8 Å². The Morgan fingerprint density at radius 3 is 2.96 bits per heavy atom. The molecule has 4 nitrogen and oxygen atoms in total. The van der Waals surface area contributed by atoms with E-state index in [1.807, 2.05) is 12.1 Å². The highest BCUT2D eigenvalue weighted by Crippen LogP contribution is 2.29. The first-order valence-electron chi connectivity index (χ1n) is 8.31. The third-order valence-corrected chi connectivity index (χ3v) is 6.35. The predicted octanol–water partition coefficient (Wildman–Crippen LogP) is 3.24. The van der Waals surface area contributed by atoms with E-state index in [0.29, 0.717) is 12.1 Å². The second-order valence-electron chi connectivity index (χ2n) is 6.44. The van der Waals surface area contributed by atoms with Gasteiger partial charge in [-0.15, -0.1) is 11.3 Å². The average molecular weight is 352 g/mol. The fraction of sp³-hybridized carbons (Fsp3) is 0.588. The molecule has 0 saturated carbocycles. The highest BCUT2D eigenvalue weighted by molar-refractivity contribution is 7.18. The van der Waals surface area contributed by atoms with Gasteiger partial charge in [0.25, 0.3) is 0 Å². The van der Waals surface area contributed by atoms with Crippen LogP contribution in [0.3, 0.4) is 0 Å². The first-order chi connectivity index (χ1) is 11.2. The van der Waals surface area contributed by atoms with Gasteiger partial charge in [-0.2, -0.15) is 0 Å². The van der Waals surface area contributed by atoms with Gasteiger partial charge < -0.3 is 4.74 Å². The molecule has 3 heterocycles. The number of hydrogen-bond acceptors (Lipinski definition) is 5. The molecule has 0 radical (unpaired) electrons. The topological polar surface area (TPSA) is 28.6 Å². The SMILES string of the molecule is C[C@@H]1[C@H](N2CCOCC2)CCN1Cc1nc2cc(Cl)ccc2s1. The maximum absolute atomic E-state index is 6.07. The summed E-state index contributed by atoms with van der Waals surface area (Å²) in [5.74, 6) is 0. The zero-order chi connectivity index (χ0) is 15.8. The molecule has 0 bridgehead atoms. The quantitative estimate of drug-likeness (QED) is 0.848. The van der Waals surface area contributed by atoms with E-state index in [0.717, 1.165) is 49.9 Å². The Kier molecular flexibility index (Phi) is 4.56. The molecule has 6 heteroatoms. The molecule has 2 atom stereocenters. The van der Waals surface area contributed by atoms with E-state index >= 15 is 0 Å². The summed E-state index contributed by atoms with van der Waals surface area (Å²) < 4.78 is 6.71. The van der Waals surface area contributed by atoms with Gasteiger partial charge in [-0.25, -0.2) is 4.98 Å². The maximum atomic E-state index is 6.07. The maximum Gasteiger partial charge on any atom is 0.108 e. The van der Waals surface area contributed by atoms with E-state index in [2.05, 4.69) is 22.8 Å². The average Bonchev–Trinajstić information content (AvgIpc) is 3.12. The lowest BCUT2D eigenvalue weighted by Gasteiger charge is -2.35. The number of likely N-dealkylation sites (tertiary alicyclic amines) is 1. The Hall–Kier alpha value is -0.720. The molecule has 0 N–H and O–H groups in total. The van der Waals surface area contributed by atoms with Gasteiger partial charge in [-0.05, 0) is 31.5 Å². The molecule has 2 aromatic rings. The van der Waals surface area contributed by atoms with Crippen molar-refractivity contribution in [1.29, 1.82) is 0 Å². The van der Waals surface area contributed by atoms with Crippen LogP contribution < -0.4 is 0 Å². The second-order valence-corrected chi connectivity index (χ2v) is 7.99. The molecule has 0 unspecified atom stereocenters. The van der Waals surface area contributed by atoms with Crippen LogP contribution in [0.2, 0.25) is 5.02 Å². The smallest absolute Gasteiger partial charge is 0.108 e. The van der Waals surface area contributed by atoms with Crippen molar-refractivity contribution >= 4 is 33.2 Å². The molecular weight excluding hydrogens is 330 g/mol. The fourth-order valence-corrected chi connectivity index (χ4v) is 4.94. The zero-order valence-electron chi connectivity index (χ0n) is 13.4. The van der Waals surface area contributed by atoms with Crippen LogP contribution in [0.5, 0.6) is 0 Å². The molecular formula is C17H22ClN3OS. The Morgan fingerprint density at radius 1 is 1.30 bits per heavy atom. The minimum Gasteiger partial charge on any atom is -0.379 e. The van der Waals surface area contributed by atoms with Gasteiger partial charge in [-0.1, -0.05) is 11.6 Å². The van der Waals surface area contributed by atoms with Crippen molar-refractivity contribution in [3.8, 4) is 0 Å². The zero-order valence-corrected chi connectivity index (χ0v) is 14.9. The van der Waals surface area contributed by atoms with Crippen LogP contribution in [-0.4, -0.2) is 59.7 Å². The molecule has 4 rings (SSSR count). The number of aromatic nitrogens is 1. The van der Waals surface area contributed by atoms with Crippen LogP contribution in [0.4, 0.5) is 0 Å². The molecule has 124 valence electrons. The summed E-state index contributed by atoms with van der Waals surface area (Å²) >= 11 is 7.85. The van der Waals surface area contributed by atoms with E-state index in [1.54, 1.807) is 11.3 Å². The van der Waals surface area contributed by atoms with Crippen molar-refractivity contribution in [2.45, 2.75) is 32.0 Å². The van der Waals surface area contributed by atoms with Gasteiger partial charge in [0.1, 0.15) is 5.01 Å². The van der Waals surface area contributed by atoms with E-state index in [9.17, 15) is 0 Å². The van der Waals surface area contributed by atoms with Gasteiger partial charge in [0.15, 0.2) is 0 Å². The highest BCUT2D eigenvalue weighted by atomic mass is 35.5. The van der Waals surface area contributed by atoms with Crippen LogP contribution >= 0.6 is 22.9 Å². The largest absolute Gasteiger partial charge is 0.379 e. The number of fused-ring (bicyclic) bond motifs is 1. The summed E-state index contributed by atoms with van der Waals surface area (Å²) in [7, 11) is 0. The number of ether oxygens (including phenoxy) is 1. The lowest BCUT2D eigenvalue weighted by Crippen LogP contribution is -2.48. The highest BCUT2D eigenvalue weighted by Gasteiger charge is 2.35. The normalized spacial score (nSPS) is 27.0. The van der Waals surface area contributed by atoms with Gasteiger partial charge in [0.05, 0.1) is 30.0 Å². The van der Waals surface area contributed by atoms with Crippen LogP contribution in [0, 0.1) is 0 Å². The molecule has 1 aromatic heterocycles. The summed E-state index contributed by atoms with van der Waals surface area (Å²) in [5, 5.41) is 1.95. The van der Waals surface area contributed by atoms with Gasteiger partial charge in [-0.3, -0.25) is 9.80 Å². The number of rotatable bonds is 3. The van der Waals surface area contributed by atoms with Crippen molar-refractivity contribution in [3.05, 3.63) is 28.2 Å². The van der Waals surface area contributed by atoms with Gasteiger partial charge >= 0.3 is 0 Å². The van der Waals surface area contributed by atoms with Crippen molar-refractivity contribution in [2.24, 2.45) is 0 Å². The van der Waals surface area contributed by atoms with Crippen molar-refractivity contribution in [3.63, 3.8) is 0 Å². The van der Waals surface area contributed by atoms with E-state index < -0.39 is 0 Å². The van der Waals surface area contributed by atoms with Crippen molar-refractivity contribution in [2.75, 3.05) is 32.8 Å². The number of hydrogen-bond donors (Lipinski definition) is 0. The second kappa shape index (κ2) is 6.65. The minimum absolute atomic E-state index is 0.573. The minimum atomic E-state index is 0.573. The third-order valence-electron chi connectivity index (χ3n) is 5.09. The molecule has 0 spiro atoms. The molecule has 2 saturated heterocycles. The van der Waals surface area contributed by atoms with Crippen LogP contribution in [0.25, 0.3) is 10.2 Å². The summed E-state index contributed by atoms with van der Waals surface area (Å²) in [6.45, 7) is 8.35. The van der Waals surface area contributed by atoms with E-state index in [1.165, 1.54) is 16.1 Å². The number of halogens is 1. The molecule has 2 aliphatic rings. The summed E-state index contributed by atoms with van der Waals surface area (Å²) in [5.41, 5.74) is 1.02. The Labute approximate surface area is 146 Å². The lowest BCUT2D eigenvalue weighted by molar-refractivity contribution is 0.00984. The van der Waals surface area contributed by atoms with Crippen LogP contribution in [0.15, 0.2) is 18.2 Å². The fourth-order valence-electron chi connectivity index (χ4n) is 3.80. The number of nitrogens with zero attached hydrogens (tertiary/aromatic N) is 3. The standard InChI is InChI=1S/C17H22ClN3OS/c1-12-15(20-6-8-22-9-7-20)4-5-21(12)11-17-19-14-10-13(18)2-3-16(14)23-17/h2-3,10,12,15H,4-9,11H2,1H3/t12-,15-/m1/s1. The Balaban J connectivity index is 1.45. The molecule has 2 fully saturated rings. The van der Waals surface area contributed by atoms with E-state index in [4.69, 9.17) is 21.3 Å². The third kappa shape index (κ3) is 3.26. The molecule has 2 aliphatic heterocycles. The number of thiazole rings is 1. The first kappa shape index (κ1) is 15.8. The molecule has 1 aromatic carbocycles. The van der Waals surface area contributed by atoms with Gasteiger partial charge in [0.2, 0.25) is 0 Å².